The van der Waals surface area contributed by atoms with E-state index in [1.165, 1.54) is 6.92 Å². The van der Waals surface area contributed by atoms with Gasteiger partial charge >= 0.3 is 11.9 Å². The fraction of sp³-hybridized carbons (Fsp3) is 0.583. The number of nitrogens with one attached hydrogen (secondary N) is 3. The number of carbonyl (C=O) groups excluding carboxylic acids is 3. The summed E-state index contributed by atoms with van der Waals surface area (Å²) in [4.78, 5) is 56.2. The molecule has 0 aliphatic heterocycles. The highest BCUT2D eigenvalue weighted by Crippen LogP contribution is 1.93. The van der Waals surface area contributed by atoms with Gasteiger partial charge in [-0.3, -0.25) is 19.2 Å². The number of carboxylic acid groups (broad SMARTS) is 2. The van der Waals surface area contributed by atoms with E-state index in [4.69, 9.17) is 15.9 Å². The Bertz CT molecular complexity index is 512. The maximum Gasteiger partial charge on any atom is 0.326 e. The monoisotopic (exact) mass is 364 g/mol. The molecule has 3 unspecified atom stereocenters. The molecule has 3 atom stereocenters. The number of carboxylic acids is 2. The topological polar surface area (TPSA) is 188 Å². The maximum atomic E-state index is 11.8. The smallest absolute Gasteiger partial charge is 0.326 e. The van der Waals surface area contributed by atoms with Gasteiger partial charge in [0.2, 0.25) is 17.7 Å². The molecule has 0 bridgehead atoms. The summed E-state index contributed by atoms with van der Waals surface area (Å²) in [6.07, 6.45) is -0.807. The average Bonchev–Trinajstić information content (AvgIpc) is 2.48. The van der Waals surface area contributed by atoms with E-state index in [1.807, 2.05) is 5.32 Å². The van der Waals surface area contributed by atoms with Crippen LogP contribution in [0.15, 0.2) is 0 Å². The molecule has 24 heavy (non-hydrogen) atoms. The molecule has 0 rings (SSSR count). The van der Waals surface area contributed by atoms with E-state index in [0.717, 1.165) is 0 Å². The molecule has 7 N–H and O–H groups in total. The molecular weight excluding hydrogens is 344 g/mol. The molecule has 0 saturated heterocycles. The summed E-state index contributed by atoms with van der Waals surface area (Å²) in [6.45, 7) is 0.825. The van der Waals surface area contributed by atoms with Gasteiger partial charge in [0.1, 0.15) is 12.1 Å². The van der Waals surface area contributed by atoms with Crippen LogP contribution in [0.3, 0.4) is 0 Å². The number of carbonyl (C=O) groups is 5. The highest BCUT2D eigenvalue weighted by Gasteiger charge is 2.24. The predicted octanol–water partition coefficient (Wildman–Crippen LogP) is -3.09. The molecule has 0 aromatic heterocycles. The van der Waals surface area contributed by atoms with Crippen molar-refractivity contribution in [1.82, 2.24) is 16.0 Å². The van der Waals surface area contributed by atoms with Gasteiger partial charge in [0.25, 0.3) is 0 Å². The summed E-state index contributed by atoms with van der Waals surface area (Å²) >= 11 is 3.90. The molecule has 0 aromatic rings. The van der Waals surface area contributed by atoms with Crippen molar-refractivity contribution in [3.8, 4) is 0 Å². The van der Waals surface area contributed by atoms with Gasteiger partial charge in [-0.25, -0.2) is 4.79 Å². The Kier molecular flexibility index (Phi) is 9.42. The Morgan fingerprint density at radius 3 is 2.04 bits per heavy atom. The fourth-order valence-electron chi connectivity index (χ4n) is 1.41. The molecule has 3 amide bonds. The SMILES string of the molecule is CC(N)C(=O)NC(CS)C(=O)NCC(=O)NC(CC(=O)O)C(=O)O. The molecule has 11 nitrogen and oxygen atoms in total. The molecule has 0 spiro atoms. The first kappa shape index (κ1) is 21.7. The van der Waals surface area contributed by atoms with E-state index in [9.17, 15) is 24.0 Å². The summed E-state index contributed by atoms with van der Waals surface area (Å²) in [6, 6.07) is -3.49. The minimum Gasteiger partial charge on any atom is -0.481 e. The second kappa shape index (κ2) is 10.4. The van der Waals surface area contributed by atoms with Gasteiger partial charge < -0.3 is 31.9 Å². The first-order valence-corrected chi connectivity index (χ1v) is 7.40. The normalized spacial score (nSPS) is 14.0. The van der Waals surface area contributed by atoms with Crippen LogP contribution in [-0.2, 0) is 24.0 Å². The zero-order valence-corrected chi connectivity index (χ0v) is 13.7. The average molecular weight is 364 g/mol. The quantitative estimate of drug-likeness (QED) is 0.198. The molecule has 0 aliphatic rings. The fourth-order valence-corrected chi connectivity index (χ4v) is 1.67. The van der Waals surface area contributed by atoms with Crippen molar-refractivity contribution in [3.63, 3.8) is 0 Å². The molecule has 0 fully saturated rings. The summed E-state index contributed by atoms with van der Waals surface area (Å²) < 4.78 is 0. The van der Waals surface area contributed by atoms with Crippen LogP contribution in [0.2, 0.25) is 0 Å². The zero-order chi connectivity index (χ0) is 18.9. The van der Waals surface area contributed by atoms with E-state index < -0.39 is 60.8 Å². The van der Waals surface area contributed by atoms with Crippen LogP contribution in [0, 0.1) is 0 Å². The number of aliphatic carboxylic acids is 2. The lowest BCUT2D eigenvalue weighted by Crippen LogP contribution is -2.53. The first-order chi connectivity index (χ1) is 11.1. The minimum absolute atomic E-state index is 0.0529. The van der Waals surface area contributed by atoms with Gasteiger partial charge in [0.05, 0.1) is 19.0 Å². The van der Waals surface area contributed by atoms with E-state index >= 15 is 0 Å². The molecule has 136 valence electrons. The number of nitrogens with two attached hydrogens (primary N) is 1. The van der Waals surface area contributed by atoms with Crippen LogP contribution in [0.4, 0.5) is 0 Å². The number of thiol groups is 1. The zero-order valence-electron chi connectivity index (χ0n) is 12.8. The lowest BCUT2D eigenvalue weighted by Gasteiger charge is -2.18. The van der Waals surface area contributed by atoms with Gasteiger partial charge in [0, 0.05) is 5.75 Å². The Morgan fingerprint density at radius 2 is 1.62 bits per heavy atom. The van der Waals surface area contributed by atoms with E-state index in [2.05, 4.69) is 23.3 Å². The number of hydrogen-bond donors (Lipinski definition) is 7. The van der Waals surface area contributed by atoms with E-state index in [1.54, 1.807) is 0 Å². The maximum absolute atomic E-state index is 11.8. The third-order valence-electron chi connectivity index (χ3n) is 2.66. The molecular formula is C12H20N4O7S. The van der Waals surface area contributed by atoms with Gasteiger partial charge in [-0.05, 0) is 6.92 Å². The molecule has 0 heterocycles. The minimum atomic E-state index is -1.62. The van der Waals surface area contributed by atoms with Crippen LogP contribution in [-0.4, -0.2) is 70.3 Å². The van der Waals surface area contributed by atoms with E-state index in [-0.39, 0.29) is 5.75 Å². The Labute approximate surface area is 142 Å². The lowest BCUT2D eigenvalue weighted by atomic mass is 10.2. The molecule has 12 heteroatoms. The number of amides is 3. The van der Waals surface area contributed by atoms with Crippen LogP contribution in [0.25, 0.3) is 0 Å². The molecule has 0 aliphatic carbocycles. The second-order valence-electron chi connectivity index (χ2n) is 4.81. The van der Waals surface area contributed by atoms with Crippen molar-refractivity contribution in [2.45, 2.75) is 31.5 Å². The van der Waals surface area contributed by atoms with Crippen molar-refractivity contribution < 1.29 is 34.2 Å². The van der Waals surface area contributed by atoms with Gasteiger partial charge in [-0.15, -0.1) is 0 Å². The third kappa shape index (κ3) is 8.33. The van der Waals surface area contributed by atoms with Crippen LogP contribution < -0.4 is 21.7 Å². The van der Waals surface area contributed by atoms with Crippen molar-refractivity contribution >= 4 is 42.3 Å². The van der Waals surface area contributed by atoms with Crippen LogP contribution in [0.1, 0.15) is 13.3 Å². The van der Waals surface area contributed by atoms with Gasteiger partial charge in [0.15, 0.2) is 0 Å². The van der Waals surface area contributed by atoms with E-state index in [0.29, 0.717) is 0 Å². The van der Waals surface area contributed by atoms with Crippen molar-refractivity contribution in [2.24, 2.45) is 5.73 Å². The van der Waals surface area contributed by atoms with Crippen LogP contribution in [0.5, 0.6) is 0 Å². The predicted molar refractivity (Wildman–Crippen MR) is 84.3 cm³/mol. The highest BCUT2D eigenvalue weighted by molar-refractivity contribution is 7.80. The summed E-state index contributed by atoms with van der Waals surface area (Å²) in [5, 5.41) is 23.8. The van der Waals surface area contributed by atoms with Crippen LogP contribution >= 0.6 is 12.6 Å². The van der Waals surface area contributed by atoms with Crippen molar-refractivity contribution in [3.05, 3.63) is 0 Å². The van der Waals surface area contributed by atoms with Crippen molar-refractivity contribution in [2.75, 3.05) is 12.3 Å². The number of rotatable bonds is 10. The standard InChI is InChI=1S/C12H20N4O7S/c1-5(13)10(20)16-7(4-24)11(21)14-3-8(17)15-6(12(22)23)2-9(18)19/h5-7,24H,2-4,13H2,1H3,(H,14,21)(H,15,17)(H,16,20)(H,18,19)(H,22,23). The van der Waals surface area contributed by atoms with Crippen molar-refractivity contribution in [1.29, 1.82) is 0 Å². The Morgan fingerprint density at radius 1 is 1.04 bits per heavy atom. The summed E-state index contributed by atoms with van der Waals surface area (Å²) in [5.74, 6) is -5.17. The molecule has 0 saturated carbocycles. The highest BCUT2D eigenvalue weighted by atomic mass is 32.1. The summed E-state index contributed by atoms with van der Waals surface area (Å²) in [7, 11) is 0. The summed E-state index contributed by atoms with van der Waals surface area (Å²) in [5.41, 5.74) is 5.35. The third-order valence-corrected chi connectivity index (χ3v) is 3.03. The lowest BCUT2D eigenvalue weighted by molar-refractivity contribution is -0.147. The Hall–Kier alpha value is -2.34. The van der Waals surface area contributed by atoms with Gasteiger partial charge in [-0.2, -0.15) is 12.6 Å². The second-order valence-corrected chi connectivity index (χ2v) is 5.17. The first-order valence-electron chi connectivity index (χ1n) is 6.77. The molecule has 0 aromatic carbocycles. The largest absolute Gasteiger partial charge is 0.481 e. The molecule has 0 radical (unpaired) electrons. The Balaban J connectivity index is 4.50. The number of hydrogen-bond acceptors (Lipinski definition) is 7. The van der Waals surface area contributed by atoms with Gasteiger partial charge in [-0.1, -0.05) is 0 Å².